The van der Waals surface area contributed by atoms with Crippen LogP contribution >= 0.6 is 0 Å². The van der Waals surface area contributed by atoms with Crippen LogP contribution in [-0.4, -0.2) is 24.1 Å². The quantitative estimate of drug-likeness (QED) is 0.877. The van der Waals surface area contributed by atoms with E-state index >= 15 is 0 Å². The lowest BCUT2D eigenvalue weighted by molar-refractivity contribution is 0.481. The Bertz CT molecular complexity index is 565. The molecule has 1 N–H and O–H groups in total. The van der Waals surface area contributed by atoms with Crippen molar-refractivity contribution in [2.24, 2.45) is 0 Å². The number of rotatable bonds is 6. The maximum Gasteiger partial charge on any atom is 0.137 e. The number of furan rings is 1. The Morgan fingerprint density at radius 1 is 1.30 bits per heavy atom. The summed E-state index contributed by atoms with van der Waals surface area (Å²) in [6.07, 6.45) is 3.61. The molecular formula is C15H22N4O. The van der Waals surface area contributed by atoms with E-state index in [1.165, 1.54) is 0 Å². The molecule has 2 heterocycles. The molecule has 0 spiro atoms. The first-order valence-corrected chi connectivity index (χ1v) is 6.93. The molecule has 20 heavy (non-hydrogen) atoms. The zero-order chi connectivity index (χ0) is 14.5. The van der Waals surface area contributed by atoms with Gasteiger partial charge < -0.3 is 14.6 Å². The fourth-order valence-corrected chi connectivity index (χ4v) is 2.31. The van der Waals surface area contributed by atoms with Crippen molar-refractivity contribution < 1.29 is 4.42 Å². The van der Waals surface area contributed by atoms with E-state index in [0.29, 0.717) is 6.54 Å². The van der Waals surface area contributed by atoms with E-state index in [1.807, 2.05) is 33.2 Å². The number of aromatic nitrogens is 2. The molecule has 108 valence electrons. The van der Waals surface area contributed by atoms with Crippen LogP contribution in [0, 0.1) is 6.92 Å². The van der Waals surface area contributed by atoms with Gasteiger partial charge in [0.15, 0.2) is 0 Å². The van der Waals surface area contributed by atoms with Crippen molar-refractivity contribution in [1.82, 2.24) is 9.97 Å². The molecule has 0 amide bonds. The number of nitrogens with zero attached hydrogens (tertiary/aromatic N) is 3. The van der Waals surface area contributed by atoms with Gasteiger partial charge in [0.05, 0.1) is 6.54 Å². The van der Waals surface area contributed by atoms with Crippen LogP contribution in [0.4, 0.5) is 11.6 Å². The number of hydrogen-bond donors (Lipinski definition) is 1. The predicted molar refractivity (Wildman–Crippen MR) is 81.1 cm³/mol. The minimum Gasteiger partial charge on any atom is -0.464 e. The Labute approximate surface area is 120 Å². The highest BCUT2D eigenvalue weighted by molar-refractivity contribution is 5.58. The maximum absolute atomic E-state index is 5.63. The summed E-state index contributed by atoms with van der Waals surface area (Å²) in [5.74, 6) is 3.73. The van der Waals surface area contributed by atoms with Crippen LogP contribution in [0.3, 0.4) is 0 Å². The average molecular weight is 274 g/mol. The fraction of sp³-hybridized carbons (Fsp3) is 0.467. The van der Waals surface area contributed by atoms with Crippen LogP contribution in [0.15, 0.2) is 22.9 Å². The van der Waals surface area contributed by atoms with Gasteiger partial charge in [-0.1, -0.05) is 13.3 Å². The molecule has 0 aliphatic carbocycles. The normalized spacial score (nSPS) is 10.6. The monoisotopic (exact) mass is 274 g/mol. The molecule has 0 saturated heterocycles. The second-order valence-corrected chi connectivity index (χ2v) is 4.89. The Hall–Kier alpha value is -2.04. The molecule has 0 aliphatic heterocycles. The van der Waals surface area contributed by atoms with Crippen molar-refractivity contribution in [2.45, 2.75) is 33.2 Å². The van der Waals surface area contributed by atoms with E-state index in [0.717, 1.165) is 41.6 Å². The van der Waals surface area contributed by atoms with Gasteiger partial charge in [-0.15, -0.1) is 0 Å². The minimum absolute atomic E-state index is 0.699. The van der Waals surface area contributed by atoms with E-state index in [9.17, 15) is 0 Å². The van der Waals surface area contributed by atoms with Gasteiger partial charge in [-0.25, -0.2) is 9.97 Å². The van der Waals surface area contributed by atoms with Crippen molar-refractivity contribution >= 4 is 11.6 Å². The molecule has 0 radical (unpaired) electrons. The van der Waals surface area contributed by atoms with Gasteiger partial charge in [-0.05, 0) is 25.5 Å². The second-order valence-electron chi connectivity index (χ2n) is 4.89. The molecule has 0 fully saturated rings. The first-order valence-electron chi connectivity index (χ1n) is 6.93. The lowest BCUT2D eigenvalue weighted by Gasteiger charge is -2.21. The van der Waals surface area contributed by atoms with E-state index in [2.05, 4.69) is 27.1 Å². The maximum atomic E-state index is 5.63. The number of nitrogens with one attached hydrogen (secondary N) is 1. The first kappa shape index (κ1) is 14.4. The van der Waals surface area contributed by atoms with E-state index < -0.39 is 0 Å². The molecule has 2 aromatic rings. The number of anilines is 2. The average Bonchev–Trinajstić information content (AvgIpc) is 2.84. The summed E-state index contributed by atoms with van der Waals surface area (Å²) in [5, 5.41) is 3.14. The smallest absolute Gasteiger partial charge is 0.137 e. The zero-order valence-corrected chi connectivity index (χ0v) is 12.6. The van der Waals surface area contributed by atoms with Gasteiger partial charge in [0.2, 0.25) is 0 Å². The Balaban J connectivity index is 2.26. The summed E-state index contributed by atoms with van der Waals surface area (Å²) in [6, 6.07) is 3.99. The van der Waals surface area contributed by atoms with E-state index in [-0.39, 0.29) is 0 Å². The summed E-state index contributed by atoms with van der Waals surface area (Å²) in [6.45, 7) is 4.81. The van der Waals surface area contributed by atoms with Crippen molar-refractivity contribution in [3.63, 3.8) is 0 Å². The van der Waals surface area contributed by atoms with Gasteiger partial charge in [-0.2, -0.15) is 0 Å². The third kappa shape index (κ3) is 3.10. The lowest BCUT2D eigenvalue weighted by Crippen LogP contribution is -2.20. The highest BCUT2D eigenvalue weighted by atomic mass is 16.3. The highest BCUT2D eigenvalue weighted by Gasteiger charge is 2.14. The molecule has 5 nitrogen and oxygen atoms in total. The summed E-state index contributed by atoms with van der Waals surface area (Å²) in [5.41, 5.74) is 1.16. The molecule has 2 aromatic heterocycles. The lowest BCUT2D eigenvalue weighted by atomic mass is 10.1. The number of hydrogen-bond acceptors (Lipinski definition) is 5. The van der Waals surface area contributed by atoms with Crippen LogP contribution in [0.2, 0.25) is 0 Å². The van der Waals surface area contributed by atoms with Gasteiger partial charge in [0, 0.05) is 19.7 Å². The van der Waals surface area contributed by atoms with Crippen molar-refractivity contribution in [3.05, 3.63) is 35.5 Å². The Morgan fingerprint density at radius 3 is 2.70 bits per heavy atom. The van der Waals surface area contributed by atoms with Crippen molar-refractivity contribution in [1.29, 1.82) is 0 Å². The van der Waals surface area contributed by atoms with E-state index in [1.54, 1.807) is 6.33 Å². The van der Waals surface area contributed by atoms with Gasteiger partial charge in [0.1, 0.15) is 29.5 Å². The zero-order valence-electron chi connectivity index (χ0n) is 12.6. The summed E-state index contributed by atoms with van der Waals surface area (Å²) in [7, 11) is 3.92. The summed E-state index contributed by atoms with van der Waals surface area (Å²) >= 11 is 0. The predicted octanol–water partition coefficient (Wildman–Crippen LogP) is 3.01. The van der Waals surface area contributed by atoms with Gasteiger partial charge in [-0.3, -0.25) is 0 Å². The van der Waals surface area contributed by atoms with Crippen LogP contribution in [0.25, 0.3) is 0 Å². The third-order valence-corrected chi connectivity index (χ3v) is 3.21. The molecular weight excluding hydrogens is 252 g/mol. The van der Waals surface area contributed by atoms with Crippen LogP contribution < -0.4 is 10.2 Å². The standard InChI is InChI=1S/C15H22N4O/c1-5-6-13-14(16-3)17-10-18-15(13)19(4)9-12-8-7-11(2)20-12/h7-8,10H,5-6,9H2,1-4H3,(H,16,17,18). The first-order chi connectivity index (χ1) is 9.65. The summed E-state index contributed by atoms with van der Waals surface area (Å²) < 4.78 is 5.63. The molecule has 5 heteroatoms. The molecule has 2 rings (SSSR count). The van der Waals surface area contributed by atoms with Crippen LogP contribution in [0.1, 0.15) is 30.4 Å². The van der Waals surface area contributed by atoms with Crippen LogP contribution in [0.5, 0.6) is 0 Å². The minimum atomic E-state index is 0.699. The molecule has 0 unspecified atom stereocenters. The Kier molecular flexibility index (Phi) is 4.61. The molecule has 0 saturated carbocycles. The number of aryl methyl sites for hydroxylation is 1. The van der Waals surface area contributed by atoms with Gasteiger partial charge in [0.25, 0.3) is 0 Å². The molecule has 0 bridgehead atoms. The second kappa shape index (κ2) is 6.41. The highest BCUT2D eigenvalue weighted by Crippen LogP contribution is 2.25. The third-order valence-electron chi connectivity index (χ3n) is 3.21. The summed E-state index contributed by atoms with van der Waals surface area (Å²) in [4.78, 5) is 10.8. The van der Waals surface area contributed by atoms with Crippen LogP contribution in [-0.2, 0) is 13.0 Å². The Morgan fingerprint density at radius 2 is 2.10 bits per heavy atom. The topological polar surface area (TPSA) is 54.2 Å². The fourth-order valence-electron chi connectivity index (χ4n) is 2.31. The van der Waals surface area contributed by atoms with Crippen molar-refractivity contribution in [2.75, 3.05) is 24.3 Å². The molecule has 0 atom stereocenters. The largest absolute Gasteiger partial charge is 0.464 e. The van der Waals surface area contributed by atoms with Crippen molar-refractivity contribution in [3.8, 4) is 0 Å². The van der Waals surface area contributed by atoms with E-state index in [4.69, 9.17) is 4.42 Å². The molecule has 0 aromatic carbocycles. The molecule has 0 aliphatic rings. The SMILES string of the molecule is CCCc1c(NC)ncnc1N(C)Cc1ccc(C)o1. The van der Waals surface area contributed by atoms with Gasteiger partial charge >= 0.3 is 0 Å².